The van der Waals surface area contributed by atoms with E-state index in [1.807, 2.05) is 6.07 Å². The molecule has 0 N–H and O–H groups in total. The van der Waals surface area contributed by atoms with Gasteiger partial charge in [-0.3, -0.25) is 10.1 Å². The summed E-state index contributed by atoms with van der Waals surface area (Å²) in [5, 5.41) is 11.2. The molecule has 1 aromatic rings. The number of rotatable bonds is 3. The Hall–Kier alpha value is -1.13. The van der Waals surface area contributed by atoms with Crippen molar-refractivity contribution in [2.24, 2.45) is 0 Å². The molecule has 0 spiro atoms. The second-order valence-electron chi connectivity index (χ2n) is 3.77. The van der Waals surface area contributed by atoms with Crippen molar-refractivity contribution in [2.75, 3.05) is 19.8 Å². The van der Waals surface area contributed by atoms with E-state index in [1.54, 1.807) is 18.2 Å². The Labute approximate surface area is 92.0 Å². The van der Waals surface area contributed by atoms with Gasteiger partial charge >= 0.3 is 0 Å². The highest BCUT2D eigenvalue weighted by atomic mass is 35.5. The fourth-order valence-electron chi connectivity index (χ4n) is 1.76. The molecule has 0 bridgehead atoms. The normalized spacial score (nSPS) is 18.2. The van der Waals surface area contributed by atoms with Gasteiger partial charge in [-0.05, 0) is 17.7 Å². The summed E-state index contributed by atoms with van der Waals surface area (Å²) < 4.78 is 5.09. The zero-order valence-corrected chi connectivity index (χ0v) is 8.74. The molecule has 0 atom stereocenters. The second kappa shape index (κ2) is 3.79. The van der Waals surface area contributed by atoms with Crippen molar-refractivity contribution in [2.45, 2.75) is 5.41 Å². The molecule has 4 nitrogen and oxygen atoms in total. The average molecular weight is 228 g/mol. The monoisotopic (exact) mass is 227 g/mol. The van der Waals surface area contributed by atoms with Gasteiger partial charge in [0.25, 0.3) is 0 Å². The summed E-state index contributed by atoms with van der Waals surface area (Å²) in [5.41, 5.74) is 0.409. The first-order valence-electron chi connectivity index (χ1n) is 4.58. The van der Waals surface area contributed by atoms with Crippen LogP contribution >= 0.6 is 11.6 Å². The van der Waals surface area contributed by atoms with E-state index in [4.69, 9.17) is 16.3 Å². The molecule has 0 aromatic heterocycles. The number of ether oxygens (including phenoxy) is 1. The van der Waals surface area contributed by atoms with Crippen molar-refractivity contribution in [3.8, 4) is 0 Å². The Balaban J connectivity index is 2.29. The number of halogens is 1. The number of hydrogen-bond donors (Lipinski definition) is 0. The lowest BCUT2D eigenvalue weighted by Gasteiger charge is -2.38. The quantitative estimate of drug-likeness (QED) is 0.585. The first-order valence-corrected chi connectivity index (χ1v) is 4.96. The maximum atomic E-state index is 10.6. The molecule has 1 aromatic carbocycles. The zero-order chi connectivity index (χ0) is 10.9. The van der Waals surface area contributed by atoms with Crippen LogP contribution in [0, 0.1) is 10.1 Å². The first kappa shape index (κ1) is 10.4. The van der Waals surface area contributed by atoms with E-state index in [1.165, 1.54) is 0 Å². The smallest absolute Gasteiger partial charge is 0.217 e. The minimum absolute atomic E-state index is 0.104. The van der Waals surface area contributed by atoms with E-state index in [9.17, 15) is 10.1 Å². The van der Waals surface area contributed by atoms with E-state index in [0.717, 1.165) is 5.56 Å². The molecule has 1 aliphatic rings. The van der Waals surface area contributed by atoms with Crippen molar-refractivity contribution in [1.82, 2.24) is 0 Å². The summed E-state index contributed by atoms with van der Waals surface area (Å²) in [6.45, 7) is 0.690. The fraction of sp³-hybridized carbons (Fsp3) is 0.400. The van der Waals surface area contributed by atoms with Crippen LogP contribution in [0.3, 0.4) is 0 Å². The molecule has 0 unspecified atom stereocenters. The van der Waals surface area contributed by atoms with Crippen molar-refractivity contribution in [1.29, 1.82) is 0 Å². The highest BCUT2D eigenvalue weighted by molar-refractivity contribution is 6.30. The third kappa shape index (κ3) is 1.96. The Bertz CT molecular complexity index is 390. The van der Waals surface area contributed by atoms with Crippen molar-refractivity contribution in [3.05, 3.63) is 45.0 Å². The molecule has 5 heteroatoms. The molecule has 15 heavy (non-hydrogen) atoms. The summed E-state index contributed by atoms with van der Waals surface area (Å²) in [6.07, 6.45) is 0. The first-order chi connectivity index (χ1) is 7.12. The van der Waals surface area contributed by atoms with Crippen molar-refractivity contribution < 1.29 is 9.66 Å². The van der Waals surface area contributed by atoms with Gasteiger partial charge < -0.3 is 4.74 Å². The minimum Gasteiger partial charge on any atom is -0.379 e. The third-order valence-corrected chi connectivity index (χ3v) is 2.86. The Morgan fingerprint density at radius 3 is 2.73 bits per heavy atom. The van der Waals surface area contributed by atoms with Gasteiger partial charge in [0, 0.05) is 9.95 Å². The topological polar surface area (TPSA) is 52.4 Å². The van der Waals surface area contributed by atoms with Crippen LogP contribution in [0.5, 0.6) is 0 Å². The number of hydrogen-bond acceptors (Lipinski definition) is 3. The average Bonchev–Trinajstić information content (AvgIpc) is 2.11. The molecule has 1 aliphatic heterocycles. The number of nitro groups is 1. The molecule has 2 rings (SSSR count). The lowest BCUT2D eigenvalue weighted by atomic mass is 9.79. The van der Waals surface area contributed by atoms with Gasteiger partial charge in [0.2, 0.25) is 6.54 Å². The highest BCUT2D eigenvalue weighted by Gasteiger charge is 2.45. The van der Waals surface area contributed by atoms with Crippen molar-refractivity contribution >= 4 is 11.6 Å². The van der Waals surface area contributed by atoms with Gasteiger partial charge in [-0.2, -0.15) is 0 Å². The third-order valence-electron chi connectivity index (χ3n) is 2.63. The maximum Gasteiger partial charge on any atom is 0.217 e. The highest BCUT2D eigenvalue weighted by Crippen LogP contribution is 2.33. The molecule has 1 saturated heterocycles. The standard InChI is InChI=1S/C10H10ClNO3/c11-9-3-1-2-8(4-9)10(5-12(13)14)6-15-7-10/h1-4H,5-7H2. The second-order valence-corrected chi connectivity index (χ2v) is 4.21. The Morgan fingerprint density at radius 1 is 1.53 bits per heavy atom. The molecule has 0 aliphatic carbocycles. The molecular formula is C10H10ClNO3. The molecular weight excluding hydrogens is 218 g/mol. The van der Waals surface area contributed by atoms with Crippen LogP contribution in [0.15, 0.2) is 24.3 Å². The fourth-order valence-corrected chi connectivity index (χ4v) is 1.95. The summed E-state index contributed by atoms with van der Waals surface area (Å²) >= 11 is 5.86. The number of nitrogens with zero attached hydrogens (tertiary/aromatic N) is 1. The predicted molar refractivity (Wildman–Crippen MR) is 55.8 cm³/mol. The van der Waals surface area contributed by atoms with Gasteiger partial charge in [0.05, 0.1) is 13.2 Å². The number of benzene rings is 1. The van der Waals surface area contributed by atoms with Gasteiger partial charge in [-0.1, -0.05) is 23.7 Å². The van der Waals surface area contributed by atoms with Crippen LogP contribution in [0.4, 0.5) is 0 Å². The molecule has 1 heterocycles. The van der Waals surface area contributed by atoms with E-state index in [0.29, 0.717) is 18.2 Å². The summed E-state index contributed by atoms with van der Waals surface area (Å²) in [5.74, 6) is 0. The minimum atomic E-state index is -0.478. The lowest BCUT2D eigenvalue weighted by molar-refractivity contribution is -0.498. The predicted octanol–water partition coefficient (Wildman–Crippen LogP) is 1.88. The van der Waals surface area contributed by atoms with Crippen LogP contribution in [0.1, 0.15) is 5.56 Å². The summed E-state index contributed by atoms with van der Waals surface area (Å²) in [4.78, 5) is 10.3. The SMILES string of the molecule is O=[N+]([O-])CC1(c2cccc(Cl)c2)COC1. The van der Waals surface area contributed by atoms with E-state index in [2.05, 4.69) is 0 Å². The van der Waals surface area contributed by atoms with E-state index in [-0.39, 0.29) is 11.5 Å². The summed E-state index contributed by atoms with van der Waals surface area (Å²) in [7, 11) is 0. The molecule has 0 amide bonds. The van der Waals surface area contributed by atoms with E-state index >= 15 is 0 Å². The van der Waals surface area contributed by atoms with Crippen LogP contribution in [-0.4, -0.2) is 24.7 Å². The van der Waals surface area contributed by atoms with Crippen LogP contribution in [0.2, 0.25) is 5.02 Å². The Morgan fingerprint density at radius 2 is 2.27 bits per heavy atom. The zero-order valence-electron chi connectivity index (χ0n) is 7.98. The van der Waals surface area contributed by atoms with E-state index < -0.39 is 5.41 Å². The van der Waals surface area contributed by atoms with Crippen LogP contribution in [-0.2, 0) is 10.2 Å². The van der Waals surface area contributed by atoms with Gasteiger partial charge in [-0.25, -0.2) is 0 Å². The van der Waals surface area contributed by atoms with Crippen molar-refractivity contribution in [3.63, 3.8) is 0 Å². The van der Waals surface area contributed by atoms with Crippen LogP contribution in [0.25, 0.3) is 0 Å². The molecule has 1 fully saturated rings. The van der Waals surface area contributed by atoms with Crippen LogP contribution < -0.4 is 0 Å². The largest absolute Gasteiger partial charge is 0.379 e. The maximum absolute atomic E-state index is 10.6. The van der Waals surface area contributed by atoms with Gasteiger partial charge in [0.15, 0.2) is 0 Å². The van der Waals surface area contributed by atoms with Gasteiger partial charge in [-0.15, -0.1) is 0 Å². The lowest BCUT2D eigenvalue weighted by Crippen LogP contribution is -2.51. The molecule has 80 valence electrons. The summed E-state index contributed by atoms with van der Waals surface area (Å²) in [6, 6.07) is 7.19. The Kier molecular flexibility index (Phi) is 2.63. The van der Waals surface area contributed by atoms with Gasteiger partial charge in [0.1, 0.15) is 5.41 Å². The molecule has 0 radical (unpaired) electrons. The molecule has 0 saturated carbocycles.